The smallest absolute Gasteiger partial charge is 0.139 e. The molecule has 1 aromatic heterocycles. The second-order valence-corrected chi connectivity index (χ2v) is 4.92. The first-order chi connectivity index (χ1) is 9.55. The van der Waals surface area contributed by atoms with E-state index in [2.05, 4.69) is 20.9 Å². The Morgan fingerprint density at radius 3 is 2.75 bits per heavy atom. The van der Waals surface area contributed by atoms with Gasteiger partial charge in [-0.15, -0.1) is 0 Å². The molecular formula is C15H18N4O. The van der Waals surface area contributed by atoms with Crippen LogP contribution in [0.3, 0.4) is 0 Å². The molecule has 0 unspecified atom stereocenters. The minimum Gasteiger partial charge on any atom is -0.497 e. The van der Waals surface area contributed by atoms with Gasteiger partial charge >= 0.3 is 0 Å². The summed E-state index contributed by atoms with van der Waals surface area (Å²) in [6.07, 6.45) is 0. The molecule has 0 saturated carbocycles. The topological polar surface area (TPSA) is 64.9 Å². The Hall–Kier alpha value is -2.32. The van der Waals surface area contributed by atoms with E-state index in [4.69, 9.17) is 4.74 Å². The molecule has 1 aromatic carbocycles. The Morgan fingerprint density at radius 2 is 2.15 bits per heavy atom. The molecule has 2 aromatic rings. The molecule has 0 aliphatic carbocycles. The molecule has 0 spiro atoms. The number of benzene rings is 1. The van der Waals surface area contributed by atoms with E-state index in [0.717, 1.165) is 29.3 Å². The van der Waals surface area contributed by atoms with Gasteiger partial charge in [0.25, 0.3) is 0 Å². The summed E-state index contributed by atoms with van der Waals surface area (Å²) in [5.41, 5.74) is 3.36. The van der Waals surface area contributed by atoms with Crippen LogP contribution < -0.4 is 4.74 Å². The van der Waals surface area contributed by atoms with E-state index >= 15 is 0 Å². The van der Waals surface area contributed by atoms with E-state index in [0.29, 0.717) is 11.3 Å². The van der Waals surface area contributed by atoms with Crippen LogP contribution in [0, 0.1) is 18.3 Å². The lowest BCUT2D eigenvalue weighted by Crippen LogP contribution is -2.11. The molecule has 0 bridgehead atoms. The van der Waals surface area contributed by atoms with Gasteiger partial charge in [-0.3, -0.25) is 0 Å². The minimum atomic E-state index is 0.550. The average Bonchev–Trinajstić information content (AvgIpc) is 2.78. The predicted octanol–water partition coefficient (Wildman–Crippen LogP) is 2.33. The Labute approximate surface area is 118 Å². The lowest BCUT2D eigenvalue weighted by molar-refractivity contribution is 0.396. The number of H-pyrrole nitrogens is 1. The van der Waals surface area contributed by atoms with Crippen molar-refractivity contribution in [3.8, 4) is 23.2 Å². The highest BCUT2D eigenvalue weighted by Gasteiger charge is 2.13. The molecule has 0 radical (unpaired) electrons. The van der Waals surface area contributed by atoms with Crippen LogP contribution in [-0.2, 0) is 6.54 Å². The minimum absolute atomic E-state index is 0.550. The Kier molecular flexibility index (Phi) is 4.06. The average molecular weight is 270 g/mol. The van der Waals surface area contributed by atoms with Crippen molar-refractivity contribution in [2.75, 3.05) is 21.2 Å². The zero-order chi connectivity index (χ0) is 14.7. The number of imidazole rings is 1. The number of ether oxygens (including phenoxy) is 1. The maximum atomic E-state index is 9.27. The van der Waals surface area contributed by atoms with E-state index in [1.165, 1.54) is 0 Å². The normalized spacial score (nSPS) is 10.6. The van der Waals surface area contributed by atoms with Crippen LogP contribution in [0.2, 0.25) is 0 Å². The number of hydrogen-bond donors (Lipinski definition) is 1. The van der Waals surface area contributed by atoms with Crippen LogP contribution in [0.25, 0.3) is 11.4 Å². The van der Waals surface area contributed by atoms with E-state index in [1.807, 2.05) is 33.2 Å². The van der Waals surface area contributed by atoms with Gasteiger partial charge in [0.1, 0.15) is 17.6 Å². The third-order valence-corrected chi connectivity index (χ3v) is 3.05. The molecule has 0 aliphatic heterocycles. The molecule has 0 amide bonds. The Bertz CT molecular complexity index is 652. The summed E-state index contributed by atoms with van der Waals surface area (Å²) in [5, 5.41) is 9.27. The van der Waals surface area contributed by atoms with Crippen molar-refractivity contribution in [1.82, 2.24) is 14.9 Å². The van der Waals surface area contributed by atoms with Crippen molar-refractivity contribution in [1.29, 1.82) is 5.26 Å². The highest BCUT2D eigenvalue weighted by molar-refractivity contribution is 5.66. The summed E-state index contributed by atoms with van der Waals surface area (Å²) in [4.78, 5) is 9.91. The first kappa shape index (κ1) is 14.1. The van der Waals surface area contributed by atoms with E-state index in [1.54, 1.807) is 13.2 Å². The fraction of sp³-hybridized carbons (Fsp3) is 0.333. The molecule has 2 rings (SSSR count). The maximum absolute atomic E-state index is 9.27. The van der Waals surface area contributed by atoms with Crippen LogP contribution in [0.4, 0.5) is 0 Å². The molecule has 1 N–H and O–H groups in total. The van der Waals surface area contributed by atoms with Gasteiger partial charge in [-0.25, -0.2) is 4.98 Å². The predicted molar refractivity (Wildman–Crippen MR) is 77.4 cm³/mol. The number of aryl methyl sites for hydroxylation is 1. The Morgan fingerprint density at radius 1 is 1.40 bits per heavy atom. The third-order valence-electron chi connectivity index (χ3n) is 3.05. The second-order valence-electron chi connectivity index (χ2n) is 4.92. The van der Waals surface area contributed by atoms with E-state index < -0.39 is 0 Å². The highest BCUT2D eigenvalue weighted by atomic mass is 16.5. The summed E-state index contributed by atoms with van der Waals surface area (Å²) in [6.45, 7) is 2.76. The quantitative estimate of drug-likeness (QED) is 0.926. The van der Waals surface area contributed by atoms with Gasteiger partial charge in [0.05, 0.1) is 18.4 Å². The van der Waals surface area contributed by atoms with Crippen molar-refractivity contribution in [2.24, 2.45) is 0 Å². The SMILES string of the molecule is COc1ccc(-c2nc(CN(C)C)c(C)[nH]2)c(C#N)c1. The number of hydrogen-bond acceptors (Lipinski definition) is 4. The van der Waals surface area contributed by atoms with Crippen LogP contribution in [0.5, 0.6) is 5.75 Å². The molecular weight excluding hydrogens is 252 g/mol. The maximum Gasteiger partial charge on any atom is 0.139 e. The summed E-state index contributed by atoms with van der Waals surface area (Å²) in [7, 11) is 5.59. The summed E-state index contributed by atoms with van der Waals surface area (Å²) in [5.74, 6) is 1.39. The standard InChI is InChI=1S/C15H18N4O/c1-10-14(9-19(2)3)18-15(17-10)13-6-5-12(20-4)7-11(13)8-16/h5-7H,9H2,1-4H3,(H,17,18). The van der Waals surface area contributed by atoms with Crippen LogP contribution in [-0.4, -0.2) is 36.1 Å². The number of rotatable bonds is 4. The van der Waals surface area contributed by atoms with Crippen LogP contribution >= 0.6 is 0 Å². The zero-order valence-electron chi connectivity index (χ0n) is 12.2. The first-order valence-electron chi connectivity index (χ1n) is 6.34. The third kappa shape index (κ3) is 2.81. The number of aromatic nitrogens is 2. The zero-order valence-corrected chi connectivity index (χ0v) is 12.2. The lowest BCUT2D eigenvalue weighted by Gasteiger charge is -2.06. The molecule has 0 saturated heterocycles. The second kappa shape index (κ2) is 5.76. The summed E-state index contributed by atoms with van der Waals surface area (Å²) < 4.78 is 5.14. The van der Waals surface area contributed by atoms with Crippen molar-refractivity contribution in [3.63, 3.8) is 0 Å². The van der Waals surface area contributed by atoms with Crippen molar-refractivity contribution >= 4 is 0 Å². The largest absolute Gasteiger partial charge is 0.497 e. The van der Waals surface area contributed by atoms with E-state index in [-0.39, 0.29) is 0 Å². The molecule has 5 nitrogen and oxygen atoms in total. The van der Waals surface area contributed by atoms with Crippen molar-refractivity contribution in [2.45, 2.75) is 13.5 Å². The molecule has 0 fully saturated rings. The number of aromatic amines is 1. The number of nitriles is 1. The number of methoxy groups -OCH3 is 1. The van der Waals surface area contributed by atoms with Gasteiger partial charge in [-0.2, -0.15) is 5.26 Å². The molecule has 1 heterocycles. The lowest BCUT2D eigenvalue weighted by atomic mass is 10.1. The molecule has 20 heavy (non-hydrogen) atoms. The summed E-state index contributed by atoms with van der Waals surface area (Å²) >= 11 is 0. The van der Waals surface area contributed by atoms with Gasteiger partial charge < -0.3 is 14.6 Å². The van der Waals surface area contributed by atoms with Gasteiger partial charge in [0, 0.05) is 17.8 Å². The van der Waals surface area contributed by atoms with Crippen LogP contribution in [0.15, 0.2) is 18.2 Å². The van der Waals surface area contributed by atoms with Gasteiger partial charge in [0.15, 0.2) is 0 Å². The van der Waals surface area contributed by atoms with Crippen molar-refractivity contribution in [3.05, 3.63) is 35.2 Å². The number of nitrogens with one attached hydrogen (secondary N) is 1. The van der Waals surface area contributed by atoms with Gasteiger partial charge in [-0.1, -0.05) is 0 Å². The summed E-state index contributed by atoms with van der Waals surface area (Å²) in [6, 6.07) is 7.60. The number of nitrogens with zero attached hydrogens (tertiary/aromatic N) is 3. The molecule has 0 aliphatic rings. The first-order valence-corrected chi connectivity index (χ1v) is 6.34. The highest BCUT2D eigenvalue weighted by Crippen LogP contribution is 2.26. The fourth-order valence-corrected chi connectivity index (χ4v) is 2.03. The molecule has 104 valence electrons. The van der Waals surface area contributed by atoms with Gasteiger partial charge in [-0.05, 0) is 39.2 Å². The fourth-order valence-electron chi connectivity index (χ4n) is 2.03. The van der Waals surface area contributed by atoms with E-state index in [9.17, 15) is 5.26 Å². The van der Waals surface area contributed by atoms with Crippen molar-refractivity contribution < 1.29 is 4.74 Å². The van der Waals surface area contributed by atoms with Crippen LogP contribution in [0.1, 0.15) is 17.0 Å². The monoisotopic (exact) mass is 270 g/mol. The molecule has 5 heteroatoms. The Balaban J connectivity index is 2.44. The van der Waals surface area contributed by atoms with Gasteiger partial charge in [0.2, 0.25) is 0 Å². The molecule has 0 atom stereocenters.